The van der Waals surface area contributed by atoms with Gasteiger partial charge in [-0.15, -0.1) is 0 Å². The van der Waals surface area contributed by atoms with Crippen molar-refractivity contribution in [2.24, 2.45) is 0 Å². The molecule has 2 fully saturated rings. The number of morpholine rings is 1. The number of carbonyl (C=O) groups is 3. The lowest BCUT2D eigenvalue weighted by molar-refractivity contribution is -0.134. The molecule has 5 rings (SSSR count). The summed E-state index contributed by atoms with van der Waals surface area (Å²) in [6.07, 6.45) is 3.74. The molecule has 9 nitrogen and oxygen atoms in total. The Hall–Kier alpha value is -3.40. The molecule has 0 radical (unpaired) electrons. The van der Waals surface area contributed by atoms with Crippen LogP contribution < -0.4 is 10.6 Å². The fourth-order valence-corrected chi connectivity index (χ4v) is 5.81. The summed E-state index contributed by atoms with van der Waals surface area (Å²) in [5, 5.41) is 7.17. The number of nitrogens with zero attached hydrogens (tertiary/aromatic N) is 2. The summed E-state index contributed by atoms with van der Waals surface area (Å²) < 4.78 is 11.2. The molecule has 1 aromatic heterocycles. The first-order valence-corrected chi connectivity index (χ1v) is 14.8. The van der Waals surface area contributed by atoms with Gasteiger partial charge in [0, 0.05) is 36.6 Å². The molecule has 1 aliphatic heterocycles. The van der Waals surface area contributed by atoms with Crippen LogP contribution in [0.2, 0.25) is 5.02 Å². The van der Waals surface area contributed by atoms with Gasteiger partial charge in [0.25, 0.3) is 11.8 Å². The molecular formula is C31H37ClN4O5. The topological polar surface area (TPSA) is 104 Å². The van der Waals surface area contributed by atoms with Gasteiger partial charge in [-0.05, 0) is 62.1 Å². The predicted octanol–water partition coefficient (Wildman–Crippen LogP) is 4.63. The molecule has 2 aromatic carbocycles. The van der Waals surface area contributed by atoms with Crippen molar-refractivity contribution in [1.82, 2.24) is 20.4 Å². The Morgan fingerprint density at radius 3 is 2.51 bits per heavy atom. The molecular weight excluding hydrogens is 544 g/mol. The third kappa shape index (κ3) is 7.28. The van der Waals surface area contributed by atoms with Gasteiger partial charge >= 0.3 is 6.03 Å². The van der Waals surface area contributed by atoms with Crippen molar-refractivity contribution in [2.45, 2.75) is 44.1 Å². The van der Waals surface area contributed by atoms with Crippen molar-refractivity contribution in [3.63, 3.8) is 0 Å². The van der Waals surface area contributed by atoms with E-state index in [1.807, 2.05) is 30.3 Å². The maximum atomic E-state index is 14.2. The van der Waals surface area contributed by atoms with Crippen LogP contribution in [0.4, 0.5) is 4.79 Å². The molecule has 0 unspecified atom stereocenters. The predicted molar refractivity (Wildman–Crippen MR) is 157 cm³/mol. The molecule has 0 spiro atoms. The second kappa shape index (κ2) is 13.5. The summed E-state index contributed by atoms with van der Waals surface area (Å²) >= 11 is 6.09. The number of nitrogens with one attached hydrogen (secondary N) is 2. The molecule has 1 saturated heterocycles. The summed E-state index contributed by atoms with van der Waals surface area (Å²) in [5.74, 6) is -0.768. The van der Waals surface area contributed by atoms with Gasteiger partial charge in [-0.2, -0.15) is 0 Å². The average molecular weight is 581 g/mol. The third-order valence-corrected chi connectivity index (χ3v) is 8.14. The Kier molecular flexibility index (Phi) is 9.59. The number of urea groups is 1. The van der Waals surface area contributed by atoms with Crippen LogP contribution in [0.25, 0.3) is 11.0 Å². The van der Waals surface area contributed by atoms with Crippen LogP contribution in [0.3, 0.4) is 0 Å². The quantitative estimate of drug-likeness (QED) is 0.339. The first-order chi connectivity index (χ1) is 19.9. The number of halogens is 1. The van der Waals surface area contributed by atoms with Crippen molar-refractivity contribution in [3.05, 3.63) is 70.9 Å². The van der Waals surface area contributed by atoms with Crippen molar-refractivity contribution < 1.29 is 23.5 Å². The normalized spacial score (nSPS) is 16.9. The van der Waals surface area contributed by atoms with Crippen LogP contribution in [-0.4, -0.2) is 79.1 Å². The van der Waals surface area contributed by atoms with Gasteiger partial charge in [-0.25, -0.2) is 4.79 Å². The molecule has 10 heteroatoms. The number of carbonyl (C=O) groups excluding carboxylic acids is 3. The molecule has 0 atom stereocenters. The van der Waals surface area contributed by atoms with Gasteiger partial charge < -0.3 is 19.8 Å². The van der Waals surface area contributed by atoms with E-state index in [1.54, 1.807) is 24.3 Å². The number of amides is 4. The number of benzene rings is 2. The van der Waals surface area contributed by atoms with E-state index >= 15 is 0 Å². The highest BCUT2D eigenvalue weighted by molar-refractivity contribution is 6.31. The first kappa shape index (κ1) is 29.1. The van der Waals surface area contributed by atoms with E-state index < -0.39 is 17.5 Å². The third-order valence-electron chi connectivity index (χ3n) is 7.91. The van der Waals surface area contributed by atoms with E-state index in [9.17, 15) is 14.4 Å². The molecule has 2 aliphatic rings. The van der Waals surface area contributed by atoms with Gasteiger partial charge in [0.1, 0.15) is 11.1 Å². The second-order valence-electron chi connectivity index (χ2n) is 10.8. The van der Waals surface area contributed by atoms with Crippen molar-refractivity contribution >= 4 is 40.4 Å². The zero-order valence-electron chi connectivity index (χ0n) is 23.2. The Labute approximate surface area is 245 Å². The van der Waals surface area contributed by atoms with E-state index in [-0.39, 0.29) is 18.2 Å². The van der Waals surface area contributed by atoms with Crippen molar-refractivity contribution in [1.29, 1.82) is 0 Å². The van der Waals surface area contributed by atoms with E-state index in [0.29, 0.717) is 41.8 Å². The molecule has 1 aliphatic carbocycles. The maximum Gasteiger partial charge on any atom is 0.324 e. The lowest BCUT2D eigenvalue weighted by Crippen LogP contribution is -2.61. The highest BCUT2D eigenvalue weighted by Crippen LogP contribution is 2.33. The van der Waals surface area contributed by atoms with Gasteiger partial charge in [-0.3, -0.25) is 19.4 Å². The Balaban J connectivity index is 1.29. The van der Waals surface area contributed by atoms with Gasteiger partial charge in [-0.1, -0.05) is 54.8 Å². The minimum Gasteiger partial charge on any atom is -0.451 e. The Morgan fingerprint density at radius 2 is 1.76 bits per heavy atom. The van der Waals surface area contributed by atoms with E-state index in [0.717, 1.165) is 57.7 Å². The minimum atomic E-state index is -1.18. The minimum absolute atomic E-state index is 0.102. The van der Waals surface area contributed by atoms with E-state index in [4.69, 9.17) is 20.8 Å². The number of ether oxygens (including phenoxy) is 1. The molecule has 41 heavy (non-hydrogen) atoms. The highest BCUT2D eigenvalue weighted by Gasteiger charge is 2.46. The summed E-state index contributed by atoms with van der Waals surface area (Å²) in [5.41, 5.74) is 0.373. The summed E-state index contributed by atoms with van der Waals surface area (Å²) in [4.78, 5) is 44.6. The number of hydrogen-bond donors (Lipinski definition) is 2. The van der Waals surface area contributed by atoms with Crippen molar-refractivity contribution in [2.75, 3.05) is 45.9 Å². The zero-order chi connectivity index (χ0) is 28.7. The highest BCUT2D eigenvalue weighted by atomic mass is 35.5. The van der Waals surface area contributed by atoms with Gasteiger partial charge in [0.05, 0.1) is 13.2 Å². The van der Waals surface area contributed by atoms with Crippen LogP contribution in [0.5, 0.6) is 0 Å². The number of furan rings is 1. The number of rotatable bonds is 10. The maximum absolute atomic E-state index is 14.2. The summed E-state index contributed by atoms with van der Waals surface area (Å²) in [6.45, 7) is 4.73. The molecule has 4 amide bonds. The summed E-state index contributed by atoms with van der Waals surface area (Å²) in [6, 6.07) is 16.1. The van der Waals surface area contributed by atoms with Crippen LogP contribution >= 0.6 is 11.6 Å². The largest absolute Gasteiger partial charge is 0.451 e. The van der Waals surface area contributed by atoms with Crippen LogP contribution in [-0.2, 0) is 16.0 Å². The standard InChI is InChI=1S/C31H37ClN4O5/c32-25-9-10-26-24(21-25)22-27(41-26)28(37)34-31(12-4-5-13-31)29(38)36(16-11-23-7-2-1-3-8-23)30(39)33-14-6-15-35-17-19-40-20-18-35/h1-3,7-10,21-22H,4-6,11-20H2,(H,33,39)(H,34,37). The monoisotopic (exact) mass is 580 g/mol. The van der Waals surface area contributed by atoms with Crippen LogP contribution in [0.15, 0.2) is 59.0 Å². The molecule has 3 aromatic rings. The molecule has 218 valence electrons. The summed E-state index contributed by atoms with van der Waals surface area (Å²) in [7, 11) is 0. The van der Waals surface area contributed by atoms with Crippen LogP contribution in [0, 0.1) is 0 Å². The molecule has 1 saturated carbocycles. The van der Waals surface area contributed by atoms with Gasteiger partial charge in [0.15, 0.2) is 5.76 Å². The Bertz CT molecular complexity index is 1350. The molecule has 2 N–H and O–H groups in total. The smallest absolute Gasteiger partial charge is 0.324 e. The lowest BCUT2D eigenvalue weighted by atomic mass is 9.94. The zero-order valence-corrected chi connectivity index (χ0v) is 24.0. The van der Waals surface area contributed by atoms with Crippen molar-refractivity contribution in [3.8, 4) is 0 Å². The SMILES string of the molecule is O=C(NC1(C(=O)N(CCc2ccccc2)C(=O)NCCCN2CCOCC2)CCCC1)c1cc2cc(Cl)ccc2o1. The van der Waals surface area contributed by atoms with Crippen LogP contribution in [0.1, 0.15) is 48.2 Å². The lowest BCUT2D eigenvalue weighted by Gasteiger charge is -2.34. The van der Waals surface area contributed by atoms with E-state index in [1.165, 1.54) is 4.90 Å². The fraction of sp³-hybridized carbons (Fsp3) is 0.452. The first-order valence-electron chi connectivity index (χ1n) is 14.4. The second-order valence-corrected chi connectivity index (χ2v) is 11.2. The number of fused-ring (bicyclic) bond motifs is 1. The van der Waals surface area contributed by atoms with Gasteiger partial charge in [0.2, 0.25) is 0 Å². The number of imide groups is 1. The Morgan fingerprint density at radius 1 is 1.00 bits per heavy atom. The molecule has 0 bridgehead atoms. The number of hydrogen-bond acceptors (Lipinski definition) is 6. The molecule has 2 heterocycles. The van der Waals surface area contributed by atoms with E-state index in [2.05, 4.69) is 15.5 Å². The average Bonchev–Trinajstić information content (AvgIpc) is 3.64. The fourth-order valence-electron chi connectivity index (χ4n) is 5.63.